The molecule has 0 unspecified atom stereocenters. The lowest BCUT2D eigenvalue weighted by Crippen LogP contribution is -2.39. The van der Waals surface area contributed by atoms with Crippen LogP contribution in [0.15, 0.2) is 42.5 Å². The van der Waals surface area contributed by atoms with Crippen molar-refractivity contribution in [1.82, 2.24) is 14.5 Å². The van der Waals surface area contributed by atoms with E-state index in [4.69, 9.17) is 30.3 Å². The molecule has 0 spiro atoms. The number of rotatable bonds is 13. The third-order valence-corrected chi connectivity index (χ3v) is 8.03. The molecule has 0 amide bonds. The second-order valence-electron chi connectivity index (χ2n) is 10.9. The van der Waals surface area contributed by atoms with Gasteiger partial charge in [-0.1, -0.05) is 18.2 Å². The minimum atomic E-state index is -1.23. The van der Waals surface area contributed by atoms with Crippen LogP contribution >= 0.6 is 0 Å². The van der Waals surface area contributed by atoms with E-state index in [-0.39, 0.29) is 5.92 Å². The van der Waals surface area contributed by atoms with Gasteiger partial charge < -0.3 is 45.5 Å². The number of fused-ring (bicyclic) bond motifs is 1. The molecule has 2 aromatic carbocycles. The van der Waals surface area contributed by atoms with E-state index in [1.807, 2.05) is 49.4 Å². The molecule has 2 aliphatic heterocycles. The summed E-state index contributed by atoms with van der Waals surface area (Å²) >= 11 is 0. The summed E-state index contributed by atoms with van der Waals surface area (Å²) in [5, 5.41) is 41.7. The van der Waals surface area contributed by atoms with E-state index in [0.717, 1.165) is 50.0 Å². The number of nitrogens with zero attached hydrogens (tertiary/aromatic N) is 3. The highest BCUT2D eigenvalue weighted by atomic mass is 16.6. The van der Waals surface area contributed by atoms with Crippen molar-refractivity contribution in [3.05, 3.63) is 48.0 Å². The Hall–Kier alpha value is -3.42. The first-order valence-electron chi connectivity index (χ1n) is 14.7. The van der Waals surface area contributed by atoms with E-state index in [2.05, 4.69) is 10.2 Å². The molecule has 0 aliphatic carbocycles. The van der Waals surface area contributed by atoms with Gasteiger partial charge in [0.2, 0.25) is 5.95 Å². The second kappa shape index (κ2) is 13.7. The zero-order valence-electron chi connectivity index (χ0n) is 24.0. The van der Waals surface area contributed by atoms with Gasteiger partial charge in [-0.15, -0.1) is 0 Å². The molecule has 0 bridgehead atoms. The Labute approximate surface area is 245 Å². The van der Waals surface area contributed by atoms with Crippen LogP contribution in [0, 0.1) is 11.3 Å². The van der Waals surface area contributed by atoms with Gasteiger partial charge in [0.1, 0.15) is 18.3 Å². The molecular formula is C30H42N6O6. The standard InChI is InChI=1S/C30H42N6O6/c1-2-40-23-9-8-19(16-24(23)41-15-5-12-35-13-10-20(11-14-35)28(31)32)17-33-30-34-21-6-3-4-7-22(21)36(30)29-27(39)26(38)25(18-37)42-29/h3-4,6-9,16,20,25-27,29,37-39H,2,5,10-15,17-18H2,1H3,(H3,31,32)(H,33,34)/t25-,26-,27-,29-/m1/s1. The lowest BCUT2D eigenvalue weighted by Gasteiger charge is -2.31. The number of piperidine rings is 1. The highest BCUT2D eigenvalue weighted by Gasteiger charge is 2.44. The van der Waals surface area contributed by atoms with E-state index in [9.17, 15) is 15.3 Å². The maximum atomic E-state index is 10.7. The van der Waals surface area contributed by atoms with E-state index in [1.165, 1.54) is 0 Å². The van der Waals surface area contributed by atoms with Crippen molar-refractivity contribution in [2.24, 2.45) is 11.7 Å². The van der Waals surface area contributed by atoms with Gasteiger partial charge in [0.15, 0.2) is 17.7 Å². The summed E-state index contributed by atoms with van der Waals surface area (Å²) in [6.45, 7) is 5.83. The molecular weight excluding hydrogens is 540 g/mol. The van der Waals surface area contributed by atoms with Gasteiger partial charge in [-0.25, -0.2) is 4.98 Å². The summed E-state index contributed by atoms with van der Waals surface area (Å²) in [6.07, 6.45) is -1.52. The number of nitrogens with one attached hydrogen (secondary N) is 2. The molecule has 3 aromatic rings. The van der Waals surface area contributed by atoms with Crippen molar-refractivity contribution in [2.75, 3.05) is 44.8 Å². The molecule has 42 heavy (non-hydrogen) atoms. The summed E-state index contributed by atoms with van der Waals surface area (Å²) in [6, 6.07) is 13.3. The molecule has 228 valence electrons. The largest absolute Gasteiger partial charge is 0.490 e. The number of anilines is 1. The van der Waals surface area contributed by atoms with Crippen LogP contribution in [0.2, 0.25) is 0 Å². The summed E-state index contributed by atoms with van der Waals surface area (Å²) in [4.78, 5) is 7.10. The van der Waals surface area contributed by atoms with Crippen molar-refractivity contribution in [2.45, 2.75) is 57.3 Å². The highest BCUT2D eigenvalue weighted by molar-refractivity contribution is 5.80. The van der Waals surface area contributed by atoms with Crippen LogP contribution in [0.5, 0.6) is 11.5 Å². The smallest absolute Gasteiger partial charge is 0.206 e. The zero-order chi connectivity index (χ0) is 29.6. The molecule has 12 heteroatoms. The highest BCUT2D eigenvalue weighted by Crippen LogP contribution is 2.35. The fraction of sp³-hybridized carbons (Fsp3) is 0.533. The molecule has 2 fully saturated rings. The Morgan fingerprint density at radius 3 is 2.62 bits per heavy atom. The molecule has 2 aliphatic rings. The Morgan fingerprint density at radius 1 is 1.12 bits per heavy atom. The Morgan fingerprint density at radius 2 is 1.90 bits per heavy atom. The molecule has 4 atom stereocenters. The molecule has 3 heterocycles. The number of aromatic nitrogens is 2. The van der Waals surface area contributed by atoms with Gasteiger partial charge in [0.05, 0.1) is 36.7 Å². The van der Waals surface area contributed by atoms with Crippen LogP contribution in [0.25, 0.3) is 11.0 Å². The van der Waals surface area contributed by atoms with Crippen LogP contribution in [-0.2, 0) is 11.3 Å². The van der Waals surface area contributed by atoms with Gasteiger partial charge >= 0.3 is 0 Å². The number of aliphatic hydroxyl groups is 3. The van der Waals surface area contributed by atoms with Gasteiger partial charge in [0.25, 0.3) is 0 Å². The van der Waals surface area contributed by atoms with Gasteiger partial charge in [-0.3, -0.25) is 9.98 Å². The number of para-hydroxylation sites is 2. The maximum absolute atomic E-state index is 10.7. The number of hydrogen-bond acceptors (Lipinski definition) is 10. The van der Waals surface area contributed by atoms with Gasteiger partial charge in [0, 0.05) is 19.0 Å². The van der Waals surface area contributed by atoms with Crippen molar-refractivity contribution in [3.63, 3.8) is 0 Å². The predicted octanol–water partition coefficient (Wildman–Crippen LogP) is 2.08. The van der Waals surface area contributed by atoms with Crippen molar-refractivity contribution in [3.8, 4) is 11.5 Å². The molecule has 12 nitrogen and oxygen atoms in total. The second-order valence-corrected chi connectivity index (χ2v) is 10.9. The number of amidine groups is 1. The zero-order valence-corrected chi connectivity index (χ0v) is 24.0. The number of hydrogen-bond donors (Lipinski definition) is 6. The third-order valence-electron chi connectivity index (χ3n) is 8.03. The first-order valence-corrected chi connectivity index (χ1v) is 14.7. The minimum Gasteiger partial charge on any atom is -0.490 e. The Balaban J connectivity index is 1.25. The summed E-state index contributed by atoms with van der Waals surface area (Å²) < 4.78 is 19.6. The first-order chi connectivity index (χ1) is 20.4. The molecule has 1 aromatic heterocycles. The molecule has 0 saturated carbocycles. The van der Waals surface area contributed by atoms with Crippen molar-refractivity contribution < 1.29 is 29.5 Å². The van der Waals surface area contributed by atoms with Crippen LogP contribution in [0.1, 0.15) is 38.0 Å². The molecule has 0 radical (unpaired) electrons. The van der Waals surface area contributed by atoms with E-state index in [1.54, 1.807) is 4.57 Å². The number of imidazole rings is 1. The van der Waals surface area contributed by atoms with Crippen LogP contribution in [-0.4, -0.2) is 93.4 Å². The van der Waals surface area contributed by atoms with E-state index in [0.29, 0.717) is 48.6 Å². The lowest BCUT2D eigenvalue weighted by molar-refractivity contribution is -0.0499. The Kier molecular flexibility index (Phi) is 9.80. The average Bonchev–Trinajstić information content (AvgIpc) is 3.51. The molecule has 2 saturated heterocycles. The quantitative estimate of drug-likeness (QED) is 0.0996. The Bertz CT molecular complexity index is 1340. The van der Waals surface area contributed by atoms with Gasteiger partial charge in [-0.2, -0.15) is 0 Å². The summed E-state index contributed by atoms with van der Waals surface area (Å²) in [7, 11) is 0. The van der Waals surface area contributed by atoms with Crippen molar-refractivity contribution >= 4 is 22.8 Å². The predicted molar refractivity (Wildman–Crippen MR) is 159 cm³/mol. The number of aliphatic hydroxyl groups excluding tert-OH is 3. The summed E-state index contributed by atoms with van der Waals surface area (Å²) in [5.74, 6) is 2.33. The van der Waals surface area contributed by atoms with Gasteiger partial charge in [-0.05, 0) is 69.1 Å². The van der Waals surface area contributed by atoms with Crippen molar-refractivity contribution in [1.29, 1.82) is 5.41 Å². The third kappa shape index (κ3) is 6.63. The van der Waals surface area contributed by atoms with E-state index < -0.39 is 31.1 Å². The number of nitrogens with two attached hydrogens (primary N) is 1. The van der Waals surface area contributed by atoms with Crippen LogP contribution in [0.4, 0.5) is 5.95 Å². The number of likely N-dealkylation sites (tertiary alicyclic amines) is 1. The normalized spacial score (nSPS) is 23.3. The molecule has 7 N–H and O–H groups in total. The first kappa shape index (κ1) is 30.1. The monoisotopic (exact) mass is 582 g/mol. The fourth-order valence-corrected chi connectivity index (χ4v) is 5.69. The molecule has 5 rings (SSSR count). The number of ether oxygens (including phenoxy) is 3. The minimum absolute atomic E-state index is 0.207. The van der Waals surface area contributed by atoms with Crippen LogP contribution < -0.4 is 20.5 Å². The van der Waals surface area contributed by atoms with Crippen LogP contribution in [0.3, 0.4) is 0 Å². The van der Waals surface area contributed by atoms with E-state index >= 15 is 0 Å². The summed E-state index contributed by atoms with van der Waals surface area (Å²) in [5.41, 5.74) is 8.05. The average molecular weight is 583 g/mol. The topological polar surface area (TPSA) is 171 Å². The number of benzene rings is 2. The lowest BCUT2D eigenvalue weighted by atomic mass is 9.96. The fourth-order valence-electron chi connectivity index (χ4n) is 5.69. The SMILES string of the molecule is CCOc1ccc(CNc2nc3ccccc3n2[C@@H]2O[C@H](CO)[C@@H](O)[C@H]2O)cc1OCCCN1CCC(C(=N)N)CC1. The maximum Gasteiger partial charge on any atom is 0.206 e.